The number of nitrogens with zero attached hydrogens (tertiary/aromatic N) is 2. The highest BCUT2D eigenvalue weighted by Crippen LogP contribution is 2.22. The summed E-state index contributed by atoms with van der Waals surface area (Å²) in [4.78, 5) is 35.0. The van der Waals surface area contributed by atoms with E-state index in [1.807, 2.05) is 0 Å². The van der Waals surface area contributed by atoms with E-state index < -0.39 is 23.3 Å². The lowest BCUT2D eigenvalue weighted by Crippen LogP contribution is -2.35. The number of carboxylic acid groups (broad SMARTS) is 1. The lowest BCUT2D eigenvalue weighted by Gasteiger charge is -2.21. The summed E-state index contributed by atoms with van der Waals surface area (Å²) < 4.78 is 5.02. The number of amides is 1. The molecule has 1 amide bonds. The number of aliphatic carboxylic acids is 1. The van der Waals surface area contributed by atoms with E-state index in [0.717, 1.165) is 11.0 Å². The minimum absolute atomic E-state index is 0.0290. The first kappa shape index (κ1) is 16.9. The highest BCUT2D eigenvalue weighted by Gasteiger charge is 2.22. The zero-order valence-electron chi connectivity index (χ0n) is 12.7. The van der Waals surface area contributed by atoms with E-state index in [2.05, 4.69) is 0 Å². The van der Waals surface area contributed by atoms with E-state index in [0.29, 0.717) is 11.4 Å². The van der Waals surface area contributed by atoms with Crippen LogP contribution in [0.15, 0.2) is 48.5 Å². The fourth-order valence-corrected chi connectivity index (χ4v) is 2.09. The largest absolute Gasteiger partial charge is 0.497 e. The maximum absolute atomic E-state index is 12.6. The van der Waals surface area contributed by atoms with E-state index >= 15 is 0 Å². The Kier molecular flexibility index (Phi) is 5.10. The number of ether oxygens (including phenoxy) is 1. The van der Waals surface area contributed by atoms with Gasteiger partial charge in [-0.15, -0.1) is 0 Å². The van der Waals surface area contributed by atoms with Crippen LogP contribution in [0.2, 0.25) is 0 Å². The van der Waals surface area contributed by atoms with Crippen molar-refractivity contribution in [3.05, 3.63) is 64.2 Å². The Balaban J connectivity index is 2.39. The van der Waals surface area contributed by atoms with E-state index in [1.165, 1.54) is 37.4 Å². The van der Waals surface area contributed by atoms with Crippen molar-refractivity contribution >= 4 is 23.3 Å². The molecule has 2 aromatic carbocycles. The van der Waals surface area contributed by atoms with Gasteiger partial charge >= 0.3 is 5.97 Å². The van der Waals surface area contributed by atoms with Gasteiger partial charge in [-0.1, -0.05) is 6.07 Å². The van der Waals surface area contributed by atoms with Gasteiger partial charge in [0.2, 0.25) is 0 Å². The van der Waals surface area contributed by atoms with Gasteiger partial charge in [-0.3, -0.25) is 24.6 Å². The SMILES string of the molecule is COc1ccc(N(CC(=O)O)C(=O)c2cccc([N+](=O)[O-])c2)cc1. The Bertz CT molecular complexity index is 772. The van der Waals surface area contributed by atoms with Crippen molar-refractivity contribution in [2.45, 2.75) is 0 Å². The summed E-state index contributed by atoms with van der Waals surface area (Å²) in [5, 5.41) is 19.9. The average molecular weight is 330 g/mol. The van der Waals surface area contributed by atoms with Crippen LogP contribution in [0, 0.1) is 10.1 Å². The van der Waals surface area contributed by atoms with E-state index in [1.54, 1.807) is 12.1 Å². The highest BCUT2D eigenvalue weighted by atomic mass is 16.6. The monoisotopic (exact) mass is 330 g/mol. The molecule has 0 saturated heterocycles. The standard InChI is InChI=1S/C16H14N2O6/c1-24-14-7-5-12(6-8-14)17(10-15(19)20)16(21)11-3-2-4-13(9-11)18(22)23/h2-9H,10H2,1H3,(H,19,20). The number of benzene rings is 2. The number of anilines is 1. The number of nitro groups is 1. The molecule has 0 saturated carbocycles. The lowest BCUT2D eigenvalue weighted by atomic mass is 10.1. The second-order valence-corrected chi connectivity index (χ2v) is 4.79. The second kappa shape index (κ2) is 7.23. The Hall–Kier alpha value is -3.42. The molecule has 0 bridgehead atoms. The van der Waals surface area contributed by atoms with Gasteiger partial charge in [-0.25, -0.2) is 0 Å². The van der Waals surface area contributed by atoms with Crippen molar-refractivity contribution in [3.63, 3.8) is 0 Å². The van der Waals surface area contributed by atoms with Gasteiger partial charge in [0, 0.05) is 23.4 Å². The molecule has 8 heteroatoms. The van der Waals surface area contributed by atoms with Crippen LogP contribution in [0.5, 0.6) is 5.75 Å². The highest BCUT2D eigenvalue weighted by molar-refractivity contribution is 6.08. The van der Waals surface area contributed by atoms with Gasteiger partial charge < -0.3 is 9.84 Å². The number of rotatable bonds is 6. The number of carboxylic acids is 1. The third kappa shape index (κ3) is 3.86. The zero-order chi connectivity index (χ0) is 17.7. The lowest BCUT2D eigenvalue weighted by molar-refractivity contribution is -0.384. The smallest absolute Gasteiger partial charge is 0.323 e. The molecule has 24 heavy (non-hydrogen) atoms. The van der Waals surface area contributed by atoms with E-state index in [9.17, 15) is 19.7 Å². The predicted octanol–water partition coefficient (Wildman–Crippen LogP) is 2.33. The molecular formula is C16H14N2O6. The van der Waals surface area contributed by atoms with Gasteiger partial charge in [0.05, 0.1) is 12.0 Å². The van der Waals surface area contributed by atoms with Crippen molar-refractivity contribution in [2.24, 2.45) is 0 Å². The van der Waals surface area contributed by atoms with Gasteiger partial charge in [0.15, 0.2) is 0 Å². The molecule has 0 unspecified atom stereocenters. The number of methoxy groups -OCH3 is 1. The van der Waals surface area contributed by atoms with E-state index in [-0.39, 0.29) is 11.3 Å². The summed E-state index contributed by atoms with van der Waals surface area (Å²) in [5.41, 5.74) is 0.127. The number of nitro benzene ring substituents is 1. The van der Waals surface area contributed by atoms with Crippen molar-refractivity contribution < 1.29 is 24.4 Å². The van der Waals surface area contributed by atoms with Crippen molar-refractivity contribution in [2.75, 3.05) is 18.6 Å². The summed E-state index contributed by atoms with van der Waals surface area (Å²) in [6.45, 7) is -0.576. The van der Waals surface area contributed by atoms with Crippen molar-refractivity contribution in [1.82, 2.24) is 0 Å². The van der Waals surface area contributed by atoms with Crippen molar-refractivity contribution in [1.29, 1.82) is 0 Å². The number of carbonyl (C=O) groups is 2. The first-order valence-electron chi connectivity index (χ1n) is 6.84. The van der Waals surface area contributed by atoms with Crippen LogP contribution in [0.3, 0.4) is 0 Å². The Morgan fingerprint density at radius 1 is 1.21 bits per heavy atom. The zero-order valence-corrected chi connectivity index (χ0v) is 12.7. The first-order valence-corrected chi connectivity index (χ1v) is 6.84. The minimum atomic E-state index is -1.20. The maximum Gasteiger partial charge on any atom is 0.323 e. The topological polar surface area (TPSA) is 110 Å². The van der Waals surface area contributed by atoms with Crippen LogP contribution < -0.4 is 9.64 Å². The maximum atomic E-state index is 12.6. The fraction of sp³-hybridized carbons (Fsp3) is 0.125. The molecule has 0 heterocycles. The van der Waals surface area contributed by atoms with Crippen LogP contribution >= 0.6 is 0 Å². The van der Waals surface area contributed by atoms with Crippen LogP contribution in [0.25, 0.3) is 0 Å². The summed E-state index contributed by atoms with van der Waals surface area (Å²) in [5.74, 6) is -1.30. The molecule has 0 aromatic heterocycles. The number of hydrogen-bond acceptors (Lipinski definition) is 5. The Morgan fingerprint density at radius 3 is 2.42 bits per heavy atom. The van der Waals surface area contributed by atoms with Crippen molar-refractivity contribution in [3.8, 4) is 5.75 Å². The molecule has 0 radical (unpaired) electrons. The fourth-order valence-electron chi connectivity index (χ4n) is 2.09. The van der Waals surface area contributed by atoms with Crippen LogP contribution in [-0.2, 0) is 4.79 Å². The van der Waals surface area contributed by atoms with Crippen LogP contribution in [-0.4, -0.2) is 35.6 Å². The van der Waals surface area contributed by atoms with Crippen LogP contribution in [0.1, 0.15) is 10.4 Å². The molecule has 1 N–H and O–H groups in total. The summed E-state index contributed by atoms with van der Waals surface area (Å²) in [6.07, 6.45) is 0. The normalized spacial score (nSPS) is 10.0. The average Bonchev–Trinajstić information content (AvgIpc) is 2.59. The summed E-state index contributed by atoms with van der Waals surface area (Å²) in [6, 6.07) is 11.4. The molecular weight excluding hydrogens is 316 g/mol. The Morgan fingerprint density at radius 2 is 1.88 bits per heavy atom. The molecule has 8 nitrogen and oxygen atoms in total. The second-order valence-electron chi connectivity index (χ2n) is 4.79. The molecule has 2 rings (SSSR count). The summed E-state index contributed by atoms with van der Waals surface area (Å²) in [7, 11) is 1.48. The molecule has 0 atom stereocenters. The molecule has 124 valence electrons. The van der Waals surface area contributed by atoms with Gasteiger partial charge in [0.1, 0.15) is 12.3 Å². The molecule has 0 fully saturated rings. The number of hydrogen-bond donors (Lipinski definition) is 1. The summed E-state index contributed by atoms with van der Waals surface area (Å²) >= 11 is 0. The third-order valence-electron chi connectivity index (χ3n) is 3.23. The molecule has 2 aromatic rings. The predicted molar refractivity (Wildman–Crippen MR) is 85.4 cm³/mol. The first-order chi connectivity index (χ1) is 11.4. The quantitative estimate of drug-likeness (QED) is 0.643. The van der Waals surface area contributed by atoms with Gasteiger partial charge in [0.25, 0.3) is 11.6 Å². The van der Waals surface area contributed by atoms with E-state index in [4.69, 9.17) is 9.84 Å². The van der Waals surface area contributed by atoms with Crippen LogP contribution in [0.4, 0.5) is 11.4 Å². The van der Waals surface area contributed by atoms with Gasteiger partial charge in [-0.05, 0) is 30.3 Å². The molecule has 0 aliphatic carbocycles. The molecule has 0 aliphatic rings. The Labute approximate surface area is 137 Å². The molecule has 0 spiro atoms. The number of non-ortho nitro benzene ring substituents is 1. The number of carbonyl (C=O) groups excluding carboxylic acids is 1. The third-order valence-corrected chi connectivity index (χ3v) is 3.23. The van der Waals surface area contributed by atoms with Gasteiger partial charge in [-0.2, -0.15) is 0 Å². The minimum Gasteiger partial charge on any atom is -0.497 e. The molecule has 0 aliphatic heterocycles.